The second kappa shape index (κ2) is 13.4. The van der Waals surface area contributed by atoms with Crippen LogP contribution in [0.2, 0.25) is 5.02 Å². The van der Waals surface area contributed by atoms with Crippen LogP contribution in [0, 0.1) is 0 Å². The summed E-state index contributed by atoms with van der Waals surface area (Å²) < 4.78 is 14.3. The van der Waals surface area contributed by atoms with E-state index in [4.69, 9.17) is 26.1 Å². The maximum absolute atomic E-state index is 13.4. The number of carbonyl (C=O) groups excluding carboxylic acids is 1. The van der Waals surface area contributed by atoms with E-state index in [-0.39, 0.29) is 24.0 Å². The van der Waals surface area contributed by atoms with Gasteiger partial charge in [-0.2, -0.15) is 9.78 Å². The first-order valence-corrected chi connectivity index (χ1v) is 14.6. The van der Waals surface area contributed by atoms with Crippen molar-refractivity contribution in [2.75, 3.05) is 18.5 Å². The molecule has 0 radical (unpaired) electrons. The van der Waals surface area contributed by atoms with E-state index in [1.165, 1.54) is 4.68 Å². The molecule has 0 bridgehead atoms. The highest BCUT2D eigenvalue weighted by atomic mass is 79.9. The van der Waals surface area contributed by atoms with Gasteiger partial charge in [-0.3, -0.25) is 9.59 Å². The summed E-state index contributed by atoms with van der Waals surface area (Å²) in [6.45, 7) is 6.05. The van der Waals surface area contributed by atoms with Gasteiger partial charge < -0.3 is 14.8 Å². The number of anilines is 1. The first kappa shape index (κ1) is 29.8. The van der Waals surface area contributed by atoms with Crippen molar-refractivity contribution in [1.82, 2.24) is 9.66 Å². The van der Waals surface area contributed by atoms with Crippen LogP contribution in [0.1, 0.15) is 44.5 Å². The Morgan fingerprint density at radius 3 is 2.52 bits per heavy atom. The molecule has 0 saturated carbocycles. The van der Waals surface area contributed by atoms with Gasteiger partial charge in [0.05, 0.1) is 23.7 Å². The van der Waals surface area contributed by atoms with Crippen LogP contribution >= 0.6 is 43.5 Å². The van der Waals surface area contributed by atoms with E-state index in [0.29, 0.717) is 55.6 Å². The van der Waals surface area contributed by atoms with E-state index in [0.717, 1.165) is 10.9 Å². The fourth-order valence-corrected chi connectivity index (χ4v) is 4.72. The molecule has 0 aliphatic rings. The summed E-state index contributed by atoms with van der Waals surface area (Å²) in [6.07, 6.45) is 2.36. The van der Waals surface area contributed by atoms with Gasteiger partial charge in [0.15, 0.2) is 18.1 Å². The van der Waals surface area contributed by atoms with Crippen molar-refractivity contribution in [3.63, 3.8) is 0 Å². The molecule has 0 spiro atoms. The number of nitrogens with one attached hydrogen (secondary N) is 1. The Morgan fingerprint density at radius 1 is 1.10 bits per heavy atom. The van der Waals surface area contributed by atoms with Crippen LogP contribution in [0.3, 0.4) is 0 Å². The topological polar surface area (TPSA) is 94.8 Å². The monoisotopic (exact) mass is 688 g/mol. The number of amides is 1. The molecule has 8 nitrogen and oxygen atoms in total. The maximum atomic E-state index is 13.4. The molecular weight excluding hydrogens is 664 g/mol. The molecule has 4 rings (SSSR count). The highest BCUT2D eigenvalue weighted by molar-refractivity contribution is 9.10. The average molecular weight is 691 g/mol. The second-order valence-corrected chi connectivity index (χ2v) is 11.1. The Hall–Kier alpha value is -3.21. The molecule has 0 aliphatic carbocycles. The fourth-order valence-electron chi connectivity index (χ4n) is 3.80. The van der Waals surface area contributed by atoms with Crippen molar-refractivity contribution in [1.29, 1.82) is 0 Å². The molecule has 1 N–H and O–H groups in total. The van der Waals surface area contributed by atoms with Crippen molar-refractivity contribution in [2.45, 2.75) is 33.1 Å². The number of rotatable bonds is 10. The lowest BCUT2D eigenvalue weighted by Crippen LogP contribution is -2.23. The maximum Gasteiger partial charge on any atom is 0.282 e. The first-order chi connectivity index (χ1) is 19.2. The summed E-state index contributed by atoms with van der Waals surface area (Å²) in [7, 11) is 0. The zero-order chi connectivity index (χ0) is 28.8. The van der Waals surface area contributed by atoms with Crippen LogP contribution in [-0.4, -0.2) is 35.0 Å². The number of ether oxygens (including phenoxy) is 2. The molecule has 208 valence electrons. The molecule has 4 aromatic rings. The number of aromatic nitrogens is 2. The molecule has 3 aromatic carbocycles. The van der Waals surface area contributed by atoms with Crippen LogP contribution in [0.25, 0.3) is 10.9 Å². The third-order valence-corrected chi connectivity index (χ3v) is 7.48. The Bertz CT molecular complexity index is 1620. The Kier molecular flexibility index (Phi) is 9.99. The number of fused-ring (bicyclic) bond motifs is 1. The molecule has 0 fully saturated rings. The van der Waals surface area contributed by atoms with Crippen molar-refractivity contribution in [3.8, 4) is 11.5 Å². The standard InChI is InChI=1S/C29H27Br2ClN4O4/c1-4-17(3)28-35-24-11-6-19(30)13-22(24)29(38)36(28)33-15-18-12-25(39-5-2)26(14-23(18)31)40-16-27(37)34-21-9-7-20(32)8-10-21/h6-15,17H,4-5,16H2,1-3H3,(H,34,37)/t17-/m0/s1. The zero-order valence-electron chi connectivity index (χ0n) is 22.1. The van der Waals surface area contributed by atoms with Crippen molar-refractivity contribution in [2.24, 2.45) is 5.10 Å². The Balaban J connectivity index is 1.62. The number of nitrogens with zero attached hydrogens (tertiary/aromatic N) is 3. The molecule has 1 heterocycles. The molecule has 1 atom stereocenters. The van der Waals surface area contributed by atoms with Gasteiger partial charge in [-0.1, -0.05) is 41.4 Å². The number of halogens is 3. The highest BCUT2D eigenvalue weighted by Gasteiger charge is 2.17. The molecular formula is C29H27Br2ClN4O4. The van der Waals surface area contributed by atoms with Crippen LogP contribution in [-0.2, 0) is 4.79 Å². The third-order valence-electron chi connectivity index (χ3n) is 6.05. The smallest absolute Gasteiger partial charge is 0.282 e. The SMILES string of the molecule is CCOc1cc(C=Nn2c([C@@H](C)CC)nc3ccc(Br)cc3c2=O)c(Br)cc1OCC(=O)Nc1ccc(Cl)cc1. The number of benzene rings is 3. The van der Waals surface area contributed by atoms with Gasteiger partial charge in [0.25, 0.3) is 11.5 Å². The normalized spacial score (nSPS) is 12.1. The molecule has 40 heavy (non-hydrogen) atoms. The van der Waals surface area contributed by atoms with E-state index in [1.807, 2.05) is 32.9 Å². The van der Waals surface area contributed by atoms with E-state index in [9.17, 15) is 9.59 Å². The van der Waals surface area contributed by atoms with Gasteiger partial charge >= 0.3 is 0 Å². The minimum absolute atomic E-state index is 0.00937. The van der Waals surface area contributed by atoms with E-state index in [2.05, 4.69) is 42.3 Å². The summed E-state index contributed by atoms with van der Waals surface area (Å²) in [4.78, 5) is 30.6. The largest absolute Gasteiger partial charge is 0.490 e. The van der Waals surface area contributed by atoms with Crippen LogP contribution in [0.15, 0.2) is 73.4 Å². The lowest BCUT2D eigenvalue weighted by Gasteiger charge is -2.15. The highest BCUT2D eigenvalue weighted by Crippen LogP contribution is 2.33. The lowest BCUT2D eigenvalue weighted by molar-refractivity contribution is -0.118. The minimum atomic E-state index is -0.334. The predicted octanol–water partition coefficient (Wildman–Crippen LogP) is 7.39. The molecule has 0 aliphatic heterocycles. The summed E-state index contributed by atoms with van der Waals surface area (Å²) in [6, 6.07) is 15.7. The molecule has 1 amide bonds. The molecule has 1 aromatic heterocycles. The van der Waals surface area contributed by atoms with E-state index < -0.39 is 0 Å². The Labute approximate surface area is 253 Å². The van der Waals surface area contributed by atoms with Gasteiger partial charge in [-0.15, -0.1) is 0 Å². The lowest BCUT2D eigenvalue weighted by atomic mass is 10.1. The summed E-state index contributed by atoms with van der Waals surface area (Å²) in [5.41, 5.74) is 1.62. The van der Waals surface area contributed by atoms with Gasteiger partial charge in [0.2, 0.25) is 0 Å². The summed E-state index contributed by atoms with van der Waals surface area (Å²) in [5.74, 6) is 1.06. The van der Waals surface area contributed by atoms with Crippen molar-refractivity contribution in [3.05, 3.63) is 90.3 Å². The Morgan fingerprint density at radius 2 is 1.82 bits per heavy atom. The molecule has 0 saturated heterocycles. The quantitative estimate of drug-likeness (QED) is 0.175. The third kappa shape index (κ3) is 7.10. The van der Waals surface area contributed by atoms with Crippen LogP contribution < -0.4 is 20.3 Å². The van der Waals surface area contributed by atoms with Crippen LogP contribution in [0.4, 0.5) is 5.69 Å². The number of carbonyl (C=O) groups is 1. The van der Waals surface area contributed by atoms with E-state index >= 15 is 0 Å². The first-order valence-electron chi connectivity index (χ1n) is 12.6. The zero-order valence-corrected chi connectivity index (χ0v) is 26.0. The van der Waals surface area contributed by atoms with Gasteiger partial charge in [0.1, 0.15) is 5.82 Å². The fraction of sp³-hybridized carbons (Fsp3) is 0.241. The molecule has 0 unspecified atom stereocenters. The van der Waals surface area contributed by atoms with Gasteiger partial charge in [-0.05, 0) is 83.9 Å². The predicted molar refractivity (Wildman–Crippen MR) is 166 cm³/mol. The van der Waals surface area contributed by atoms with Gasteiger partial charge in [-0.25, -0.2) is 4.98 Å². The average Bonchev–Trinajstić information content (AvgIpc) is 2.94. The summed E-state index contributed by atoms with van der Waals surface area (Å²) >= 11 is 12.9. The summed E-state index contributed by atoms with van der Waals surface area (Å²) in [5, 5.41) is 8.35. The van der Waals surface area contributed by atoms with Crippen molar-refractivity contribution < 1.29 is 14.3 Å². The number of hydrogen-bond acceptors (Lipinski definition) is 6. The molecule has 11 heteroatoms. The minimum Gasteiger partial charge on any atom is -0.490 e. The number of hydrogen-bond donors (Lipinski definition) is 1. The van der Waals surface area contributed by atoms with Gasteiger partial charge in [0, 0.05) is 31.1 Å². The van der Waals surface area contributed by atoms with Crippen LogP contribution in [0.5, 0.6) is 11.5 Å². The second-order valence-electron chi connectivity index (χ2n) is 8.90. The van der Waals surface area contributed by atoms with Crippen molar-refractivity contribution >= 4 is 72.2 Å². The van der Waals surface area contributed by atoms with E-state index in [1.54, 1.807) is 48.7 Å².